The van der Waals surface area contributed by atoms with E-state index in [1.165, 1.54) is 44.3 Å². The van der Waals surface area contributed by atoms with Crippen LogP contribution < -0.4 is 21.7 Å². The molecule has 1 amide bonds. The fraction of sp³-hybridized carbons (Fsp3) is 0.542. The topological polar surface area (TPSA) is 113 Å². The van der Waals surface area contributed by atoms with Crippen molar-refractivity contribution in [2.45, 2.75) is 56.5 Å². The lowest BCUT2D eigenvalue weighted by molar-refractivity contribution is 0.0996. The molecule has 2 aromatic rings. The molecule has 1 saturated carbocycles. The van der Waals surface area contributed by atoms with Crippen LogP contribution in [-0.2, 0) is 0 Å². The lowest BCUT2D eigenvalue weighted by Crippen LogP contribution is -2.43. The molecule has 0 radical (unpaired) electrons. The number of carbonyl (C=O) groups is 1. The molecule has 5 N–H and O–H groups in total. The highest BCUT2D eigenvalue weighted by Gasteiger charge is 2.32. The summed E-state index contributed by atoms with van der Waals surface area (Å²) in [5.74, 6) is 1.12. The third-order valence-corrected chi connectivity index (χ3v) is 7.01. The van der Waals surface area contributed by atoms with Gasteiger partial charge >= 0.3 is 0 Å². The molecule has 8 heteroatoms. The molecule has 1 atom stereocenters. The minimum absolute atomic E-state index is 0.126. The van der Waals surface area contributed by atoms with Gasteiger partial charge in [-0.05, 0) is 75.2 Å². The number of nitrogens with one attached hydrogen (secondary N) is 1. The van der Waals surface area contributed by atoms with Crippen LogP contribution in [0.3, 0.4) is 0 Å². The molecule has 0 bridgehead atoms. The Hall–Kier alpha value is -2.71. The van der Waals surface area contributed by atoms with Gasteiger partial charge in [-0.1, -0.05) is 12.1 Å². The van der Waals surface area contributed by atoms with Crippen LogP contribution in [0.4, 0.5) is 17.3 Å². The monoisotopic (exact) mass is 435 g/mol. The Balaban J connectivity index is 1.29. The number of aromatic nitrogens is 2. The predicted octanol–water partition coefficient (Wildman–Crippen LogP) is 2.59. The van der Waals surface area contributed by atoms with Crippen molar-refractivity contribution >= 4 is 23.2 Å². The van der Waals surface area contributed by atoms with E-state index in [4.69, 9.17) is 11.5 Å². The molecule has 5 rings (SSSR count). The molecule has 3 heterocycles. The number of hydrogen-bond acceptors (Lipinski definition) is 7. The Morgan fingerprint density at radius 2 is 1.78 bits per heavy atom. The maximum Gasteiger partial charge on any atom is 0.271 e. The average Bonchev–Trinajstić information content (AvgIpc) is 3.65. The van der Waals surface area contributed by atoms with Crippen molar-refractivity contribution in [3.05, 3.63) is 41.7 Å². The fourth-order valence-corrected chi connectivity index (χ4v) is 5.03. The van der Waals surface area contributed by atoms with Gasteiger partial charge in [-0.25, -0.2) is 9.97 Å². The van der Waals surface area contributed by atoms with Gasteiger partial charge in [0.15, 0.2) is 11.5 Å². The van der Waals surface area contributed by atoms with Crippen LogP contribution in [0.1, 0.15) is 60.5 Å². The number of nitrogens with zero attached hydrogens (tertiary/aromatic N) is 4. The first kappa shape index (κ1) is 21.2. The molecule has 3 aliphatic rings. The van der Waals surface area contributed by atoms with Gasteiger partial charge in [0.2, 0.25) is 0 Å². The van der Waals surface area contributed by atoms with Gasteiger partial charge in [-0.3, -0.25) is 4.79 Å². The largest absolute Gasteiger partial charge is 0.364 e. The minimum Gasteiger partial charge on any atom is -0.364 e. The third-order valence-electron chi connectivity index (χ3n) is 7.01. The van der Waals surface area contributed by atoms with E-state index in [2.05, 4.69) is 49.4 Å². The highest BCUT2D eigenvalue weighted by atomic mass is 16.1. The molecule has 2 aliphatic heterocycles. The van der Waals surface area contributed by atoms with Gasteiger partial charge in [0.25, 0.3) is 5.91 Å². The summed E-state index contributed by atoms with van der Waals surface area (Å²) < 4.78 is 0. The zero-order chi connectivity index (χ0) is 22.1. The van der Waals surface area contributed by atoms with Crippen LogP contribution in [0.2, 0.25) is 0 Å². The number of benzene rings is 1. The summed E-state index contributed by atoms with van der Waals surface area (Å²) in [4.78, 5) is 25.7. The van der Waals surface area contributed by atoms with E-state index in [1.54, 1.807) is 6.20 Å². The van der Waals surface area contributed by atoms with Crippen molar-refractivity contribution in [1.29, 1.82) is 0 Å². The van der Waals surface area contributed by atoms with Gasteiger partial charge in [-0.2, -0.15) is 0 Å². The number of rotatable bonds is 6. The summed E-state index contributed by atoms with van der Waals surface area (Å²) >= 11 is 0. The number of hydrogen-bond donors (Lipinski definition) is 3. The van der Waals surface area contributed by atoms with Gasteiger partial charge in [0, 0.05) is 30.9 Å². The Bertz CT molecular complexity index is 951. The highest BCUT2D eigenvalue weighted by molar-refractivity contribution is 5.96. The van der Waals surface area contributed by atoms with E-state index in [9.17, 15) is 4.79 Å². The first-order valence-corrected chi connectivity index (χ1v) is 11.9. The first-order valence-electron chi connectivity index (χ1n) is 11.9. The summed E-state index contributed by atoms with van der Waals surface area (Å²) in [5, 5.41) is 3.26. The second-order valence-corrected chi connectivity index (χ2v) is 9.43. The number of piperidine rings is 2. The number of nitrogens with two attached hydrogens (primary N) is 2. The lowest BCUT2D eigenvalue weighted by atomic mass is 9.89. The van der Waals surface area contributed by atoms with Crippen LogP contribution in [0.15, 0.2) is 30.5 Å². The van der Waals surface area contributed by atoms with E-state index in [1.807, 2.05) is 0 Å². The summed E-state index contributed by atoms with van der Waals surface area (Å²) in [6, 6.07) is 9.47. The van der Waals surface area contributed by atoms with Crippen molar-refractivity contribution in [3.8, 4) is 0 Å². The molecule has 2 saturated heterocycles. The Kier molecular flexibility index (Phi) is 5.97. The smallest absolute Gasteiger partial charge is 0.271 e. The fourth-order valence-electron chi connectivity index (χ4n) is 5.03. The normalized spacial score (nSPS) is 22.7. The Morgan fingerprint density at radius 1 is 1.03 bits per heavy atom. The van der Waals surface area contributed by atoms with Crippen molar-refractivity contribution in [2.24, 2.45) is 11.5 Å². The summed E-state index contributed by atoms with van der Waals surface area (Å²) in [5.41, 5.74) is 14.1. The number of anilines is 3. The van der Waals surface area contributed by atoms with E-state index in [0.29, 0.717) is 17.6 Å². The Labute approximate surface area is 189 Å². The quantitative estimate of drug-likeness (QED) is 0.639. The van der Waals surface area contributed by atoms with Gasteiger partial charge in [0.1, 0.15) is 5.82 Å². The molecule has 32 heavy (non-hydrogen) atoms. The number of likely N-dealkylation sites (tertiary alicyclic amines) is 1. The van der Waals surface area contributed by atoms with Crippen LogP contribution >= 0.6 is 0 Å². The van der Waals surface area contributed by atoms with E-state index >= 15 is 0 Å². The second-order valence-electron chi connectivity index (χ2n) is 9.43. The highest BCUT2D eigenvalue weighted by Crippen LogP contribution is 2.35. The van der Waals surface area contributed by atoms with Crippen molar-refractivity contribution in [1.82, 2.24) is 14.9 Å². The SMILES string of the molecule is NC(=O)c1ncc(N2CCCC(N)C2)nc1Nc1ccc(C2CCN(C3CC3)CC2)cc1. The van der Waals surface area contributed by atoms with Crippen molar-refractivity contribution in [2.75, 3.05) is 36.4 Å². The van der Waals surface area contributed by atoms with E-state index in [0.717, 1.165) is 37.7 Å². The third kappa shape index (κ3) is 4.71. The molecule has 170 valence electrons. The van der Waals surface area contributed by atoms with E-state index in [-0.39, 0.29) is 11.7 Å². The molecule has 1 unspecified atom stereocenters. The number of amides is 1. The molecule has 8 nitrogen and oxygen atoms in total. The minimum atomic E-state index is -0.596. The van der Waals surface area contributed by atoms with Crippen molar-refractivity contribution in [3.63, 3.8) is 0 Å². The number of primary amides is 1. The zero-order valence-corrected chi connectivity index (χ0v) is 18.5. The maximum atomic E-state index is 11.9. The van der Waals surface area contributed by atoms with Crippen LogP contribution in [-0.4, -0.2) is 59.0 Å². The first-order chi connectivity index (χ1) is 15.6. The van der Waals surface area contributed by atoms with Crippen LogP contribution in [0, 0.1) is 0 Å². The maximum absolute atomic E-state index is 11.9. The summed E-state index contributed by atoms with van der Waals surface area (Å²) in [6.07, 6.45) is 8.85. The van der Waals surface area contributed by atoms with Crippen LogP contribution in [0.25, 0.3) is 0 Å². The summed E-state index contributed by atoms with van der Waals surface area (Å²) in [7, 11) is 0. The molecular weight excluding hydrogens is 402 g/mol. The van der Waals surface area contributed by atoms with Crippen molar-refractivity contribution < 1.29 is 4.79 Å². The number of carbonyl (C=O) groups excluding carboxylic acids is 1. The molecule has 3 fully saturated rings. The van der Waals surface area contributed by atoms with E-state index < -0.39 is 5.91 Å². The van der Waals surface area contributed by atoms with Gasteiger partial charge in [-0.15, -0.1) is 0 Å². The average molecular weight is 436 g/mol. The zero-order valence-electron chi connectivity index (χ0n) is 18.5. The summed E-state index contributed by atoms with van der Waals surface area (Å²) in [6.45, 7) is 4.03. The van der Waals surface area contributed by atoms with Gasteiger partial charge < -0.3 is 26.6 Å². The molecule has 1 aromatic carbocycles. The molecular formula is C24H33N7O. The lowest BCUT2D eigenvalue weighted by Gasteiger charge is -2.32. The molecule has 0 spiro atoms. The predicted molar refractivity (Wildman–Crippen MR) is 126 cm³/mol. The van der Waals surface area contributed by atoms with Gasteiger partial charge in [0.05, 0.1) is 6.20 Å². The molecule has 1 aromatic heterocycles. The molecule has 1 aliphatic carbocycles. The van der Waals surface area contributed by atoms with Crippen LogP contribution in [0.5, 0.6) is 0 Å². The second kappa shape index (κ2) is 9.03. The standard InChI is InChI=1S/C24H33N7O/c25-18-2-1-11-31(15-18)21-14-27-22(23(26)32)24(29-21)28-19-5-3-16(4-6-19)17-9-12-30(13-10-17)20-7-8-20/h3-6,14,17-18,20H,1-2,7-13,15,25H2,(H2,26,32)(H,28,29). The Morgan fingerprint density at radius 3 is 2.44 bits per heavy atom.